The molecule has 3 aromatic heterocycles. The second-order valence-electron chi connectivity index (χ2n) is 8.33. The zero-order valence-corrected chi connectivity index (χ0v) is 19.3. The van der Waals surface area contributed by atoms with E-state index in [1.807, 2.05) is 37.5 Å². The van der Waals surface area contributed by atoms with E-state index < -0.39 is 0 Å². The largest absolute Gasteiger partial charge is 0.393 e. The van der Waals surface area contributed by atoms with E-state index in [-0.39, 0.29) is 0 Å². The summed E-state index contributed by atoms with van der Waals surface area (Å²) in [5, 5.41) is 23.3. The topological polar surface area (TPSA) is 112 Å². The number of rotatable bonds is 8. The van der Waals surface area contributed by atoms with Crippen molar-refractivity contribution in [3.63, 3.8) is 0 Å². The number of aromatic nitrogens is 4. The Morgan fingerprint density at radius 2 is 1.97 bits per heavy atom. The molecule has 0 aromatic carbocycles. The predicted molar refractivity (Wildman–Crippen MR) is 131 cm³/mol. The molecular weight excluding hydrogens is 416 g/mol. The summed E-state index contributed by atoms with van der Waals surface area (Å²) in [6, 6.07) is 7.76. The normalized spacial score (nSPS) is 15.1. The number of nitrogens with zero attached hydrogens (tertiary/aromatic N) is 5. The maximum Gasteiger partial charge on any atom is 0.154 e. The molecule has 0 atom stereocenters. The van der Waals surface area contributed by atoms with Crippen LogP contribution in [0, 0.1) is 5.41 Å². The molecule has 0 saturated carbocycles. The molecule has 0 radical (unpaired) electrons. The summed E-state index contributed by atoms with van der Waals surface area (Å²) in [7, 11) is 1.84. The van der Waals surface area contributed by atoms with Gasteiger partial charge in [0.2, 0.25) is 0 Å². The number of morpholine rings is 1. The van der Waals surface area contributed by atoms with Crippen LogP contribution in [0.4, 0.5) is 11.6 Å². The van der Waals surface area contributed by atoms with E-state index in [1.165, 1.54) is 0 Å². The smallest absolute Gasteiger partial charge is 0.154 e. The van der Waals surface area contributed by atoms with Crippen molar-refractivity contribution < 1.29 is 4.74 Å². The van der Waals surface area contributed by atoms with Crippen molar-refractivity contribution in [1.29, 1.82) is 5.41 Å². The first-order chi connectivity index (χ1) is 16.0. The molecule has 4 heterocycles. The molecule has 172 valence electrons. The van der Waals surface area contributed by atoms with E-state index in [0.29, 0.717) is 43.0 Å². The Morgan fingerprint density at radius 1 is 1.15 bits per heavy atom. The number of pyridine rings is 2. The minimum Gasteiger partial charge on any atom is -0.393 e. The first-order valence-corrected chi connectivity index (χ1v) is 11.2. The third-order valence-electron chi connectivity index (χ3n) is 5.55. The highest BCUT2D eigenvalue weighted by Gasteiger charge is 2.16. The van der Waals surface area contributed by atoms with Gasteiger partial charge in [0.05, 0.1) is 36.2 Å². The lowest BCUT2D eigenvalue weighted by atomic mass is 10.0. The molecule has 9 nitrogen and oxygen atoms in total. The molecule has 4 rings (SSSR count). The van der Waals surface area contributed by atoms with Gasteiger partial charge >= 0.3 is 0 Å². The zero-order valence-electron chi connectivity index (χ0n) is 19.3. The highest BCUT2D eigenvalue weighted by Crippen LogP contribution is 2.23. The number of ether oxygens (including phenoxy) is 1. The molecule has 9 heteroatoms. The fourth-order valence-electron chi connectivity index (χ4n) is 3.67. The summed E-state index contributed by atoms with van der Waals surface area (Å²) in [5.74, 6) is 1.68. The Kier molecular flexibility index (Phi) is 7.21. The molecule has 0 spiro atoms. The molecule has 0 aliphatic carbocycles. The molecule has 0 unspecified atom stereocenters. The zero-order chi connectivity index (χ0) is 23.2. The Hall–Kier alpha value is -3.43. The number of hydrogen-bond acceptors (Lipinski definition) is 9. The second-order valence-corrected chi connectivity index (χ2v) is 8.33. The number of anilines is 2. The van der Waals surface area contributed by atoms with Gasteiger partial charge in [0, 0.05) is 50.2 Å². The highest BCUT2D eigenvalue weighted by atomic mass is 16.5. The van der Waals surface area contributed by atoms with Crippen molar-refractivity contribution in [2.45, 2.75) is 19.8 Å². The van der Waals surface area contributed by atoms with E-state index in [4.69, 9.17) is 15.1 Å². The fourth-order valence-corrected chi connectivity index (χ4v) is 3.67. The molecule has 1 aliphatic heterocycles. The average Bonchev–Trinajstić information content (AvgIpc) is 2.83. The summed E-state index contributed by atoms with van der Waals surface area (Å²) < 4.78 is 5.42. The maximum absolute atomic E-state index is 8.71. The van der Waals surface area contributed by atoms with Crippen LogP contribution < -0.4 is 10.6 Å². The van der Waals surface area contributed by atoms with Crippen LogP contribution in [-0.4, -0.2) is 70.7 Å². The van der Waals surface area contributed by atoms with Crippen LogP contribution in [0.5, 0.6) is 0 Å². The van der Waals surface area contributed by atoms with Crippen LogP contribution in [0.15, 0.2) is 42.9 Å². The van der Waals surface area contributed by atoms with Crippen LogP contribution in [0.1, 0.15) is 30.9 Å². The van der Waals surface area contributed by atoms with Crippen LogP contribution >= 0.6 is 0 Å². The summed E-state index contributed by atoms with van der Waals surface area (Å²) in [5.41, 5.74) is 4.82. The van der Waals surface area contributed by atoms with Crippen LogP contribution in [0.3, 0.4) is 0 Å². The van der Waals surface area contributed by atoms with Crippen molar-refractivity contribution >= 4 is 34.0 Å². The van der Waals surface area contributed by atoms with Crippen molar-refractivity contribution in [1.82, 2.24) is 30.4 Å². The summed E-state index contributed by atoms with van der Waals surface area (Å²) >= 11 is 0. The Balaban J connectivity index is 1.58. The van der Waals surface area contributed by atoms with Gasteiger partial charge in [-0.15, -0.1) is 5.10 Å². The third-order valence-corrected chi connectivity index (χ3v) is 5.55. The van der Waals surface area contributed by atoms with Gasteiger partial charge in [0.25, 0.3) is 0 Å². The Morgan fingerprint density at radius 3 is 2.73 bits per heavy atom. The quantitative estimate of drug-likeness (QED) is 0.452. The first kappa shape index (κ1) is 22.8. The SMILES string of the molecule is CN/C=C(\C(=N)CN1CCOCC1)c1cnc2ccc(Nc3cc(C(C)C)cnn3)nc2c1. The van der Waals surface area contributed by atoms with Crippen molar-refractivity contribution in [2.24, 2.45) is 0 Å². The molecule has 33 heavy (non-hydrogen) atoms. The van der Waals surface area contributed by atoms with Crippen LogP contribution in [-0.2, 0) is 4.74 Å². The van der Waals surface area contributed by atoms with E-state index in [2.05, 4.69) is 44.6 Å². The van der Waals surface area contributed by atoms with E-state index >= 15 is 0 Å². The molecule has 1 saturated heterocycles. The summed E-state index contributed by atoms with van der Waals surface area (Å²) in [4.78, 5) is 11.6. The maximum atomic E-state index is 8.71. The summed E-state index contributed by atoms with van der Waals surface area (Å²) in [6.45, 7) is 7.89. The molecule has 3 N–H and O–H groups in total. The molecule has 0 amide bonds. The number of fused-ring (bicyclic) bond motifs is 1. The molecular formula is C24H30N8O. The molecule has 3 aromatic rings. The molecule has 0 bridgehead atoms. The van der Waals surface area contributed by atoms with Gasteiger partial charge in [-0.1, -0.05) is 13.8 Å². The fraction of sp³-hybridized carbons (Fsp3) is 0.375. The second kappa shape index (κ2) is 10.5. The van der Waals surface area contributed by atoms with Gasteiger partial charge in [-0.2, -0.15) is 5.10 Å². The lowest BCUT2D eigenvalue weighted by Crippen LogP contribution is -2.39. The standard InChI is InChI=1S/C24H30N8O/c1-16(2)17-11-24(31-28-13-17)30-23-5-4-21-22(29-23)10-18(12-27-21)19(14-26-3)20(25)15-32-6-8-33-9-7-32/h4-5,10-14,16,25-26H,6-9,15H2,1-3H3,(H,29,30,31)/b19-14-,25-20?. The average molecular weight is 447 g/mol. The van der Waals surface area contributed by atoms with Gasteiger partial charge in [-0.05, 0) is 35.7 Å². The Bertz CT molecular complexity index is 1150. The van der Waals surface area contributed by atoms with Gasteiger partial charge in [0.15, 0.2) is 5.82 Å². The third kappa shape index (κ3) is 5.68. The van der Waals surface area contributed by atoms with Crippen LogP contribution in [0.2, 0.25) is 0 Å². The van der Waals surface area contributed by atoms with Crippen LogP contribution in [0.25, 0.3) is 16.6 Å². The lowest BCUT2D eigenvalue weighted by molar-refractivity contribution is 0.0453. The van der Waals surface area contributed by atoms with Gasteiger partial charge in [-0.25, -0.2) is 4.98 Å². The van der Waals surface area contributed by atoms with Crippen molar-refractivity contribution in [2.75, 3.05) is 45.2 Å². The van der Waals surface area contributed by atoms with E-state index in [1.54, 1.807) is 12.4 Å². The van der Waals surface area contributed by atoms with Gasteiger partial charge in [0.1, 0.15) is 5.82 Å². The van der Waals surface area contributed by atoms with E-state index in [9.17, 15) is 0 Å². The molecule has 1 aliphatic rings. The van der Waals surface area contributed by atoms with Gasteiger partial charge < -0.3 is 20.8 Å². The first-order valence-electron chi connectivity index (χ1n) is 11.2. The summed E-state index contributed by atoms with van der Waals surface area (Å²) in [6.07, 6.45) is 5.42. The van der Waals surface area contributed by atoms with Crippen molar-refractivity contribution in [3.05, 3.63) is 54.0 Å². The minimum absolute atomic E-state index is 0.363. The number of hydrogen-bond donors (Lipinski definition) is 3. The monoisotopic (exact) mass is 446 g/mol. The highest BCUT2D eigenvalue weighted by molar-refractivity contribution is 6.23. The van der Waals surface area contributed by atoms with Crippen molar-refractivity contribution in [3.8, 4) is 0 Å². The number of nitrogens with one attached hydrogen (secondary N) is 3. The predicted octanol–water partition coefficient (Wildman–Crippen LogP) is 3.20. The Labute approximate surface area is 193 Å². The lowest BCUT2D eigenvalue weighted by Gasteiger charge is -2.27. The van der Waals surface area contributed by atoms with E-state index in [0.717, 1.165) is 40.8 Å². The van der Waals surface area contributed by atoms with Gasteiger partial charge in [-0.3, -0.25) is 9.88 Å². The minimum atomic E-state index is 0.363. The molecule has 1 fully saturated rings.